The highest BCUT2D eigenvalue weighted by atomic mass is 32.1. The zero-order chi connectivity index (χ0) is 15.8. The molecule has 1 N–H and O–H groups in total. The van der Waals surface area contributed by atoms with Crippen molar-refractivity contribution in [1.82, 2.24) is 10.3 Å². The molecule has 1 aliphatic rings. The molecule has 0 amide bonds. The fourth-order valence-electron chi connectivity index (χ4n) is 2.93. The van der Waals surface area contributed by atoms with Gasteiger partial charge in [-0.25, -0.2) is 4.98 Å². The third-order valence-corrected chi connectivity index (χ3v) is 5.82. The Bertz CT molecular complexity index is 487. The second kappa shape index (κ2) is 5.98. The van der Waals surface area contributed by atoms with Crippen molar-refractivity contribution < 1.29 is 4.74 Å². The van der Waals surface area contributed by atoms with Crippen molar-refractivity contribution >= 4 is 11.3 Å². The molecule has 0 spiro atoms. The van der Waals surface area contributed by atoms with E-state index in [0.29, 0.717) is 12.1 Å². The molecule has 2 heterocycles. The minimum atomic E-state index is -0.00501. The number of thiazole rings is 1. The highest BCUT2D eigenvalue weighted by Crippen LogP contribution is 2.33. The number of nitrogens with one attached hydrogen (secondary N) is 1. The van der Waals surface area contributed by atoms with Crippen LogP contribution in [0, 0.1) is 6.92 Å². The van der Waals surface area contributed by atoms with Crippen molar-refractivity contribution in [2.45, 2.75) is 84.4 Å². The predicted octanol–water partition coefficient (Wildman–Crippen LogP) is 4.36. The molecule has 0 aliphatic carbocycles. The topological polar surface area (TPSA) is 34.2 Å². The molecule has 1 aliphatic heterocycles. The molecule has 1 saturated heterocycles. The summed E-state index contributed by atoms with van der Waals surface area (Å²) in [6.07, 6.45) is 2.17. The molecule has 2 atom stereocenters. The summed E-state index contributed by atoms with van der Waals surface area (Å²) < 4.78 is 5.81. The average molecular weight is 311 g/mol. The predicted molar refractivity (Wildman–Crippen MR) is 90.2 cm³/mol. The van der Waals surface area contributed by atoms with Crippen LogP contribution in [-0.4, -0.2) is 23.2 Å². The molecule has 1 fully saturated rings. The number of hydrogen-bond donors (Lipinski definition) is 1. The first-order chi connectivity index (χ1) is 9.58. The summed E-state index contributed by atoms with van der Waals surface area (Å²) in [5.74, 6) is 0. The first-order valence-electron chi connectivity index (χ1n) is 7.96. The molecule has 21 heavy (non-hydrogen) atoms. The van der Waals surface area contributed by atoms with Crippen LogP contribution in [-0.2, 0) is 10.2 Å². The lowest BCUT2D eigenvalue weighted by molar-refractivity contribution is -0.0639. The van der Waals surface area contributed by atoms with E-state index in [1.807, 2.05) is 11.3 Å². The van der Waals surface area contributed by atoms with Crippen LogP contribution in [0.2, 0.25) is 0 Å². The van der Waals surface area contributed by atoms with Crippen molar-refractivity contribution in [2.75, 3.05) is 6.61 Å². The van der Waals surface area contributed by atoms with Crippen molar-refractivity contribution in [1.29, 1.82) is 0 Å². The number of aryl methyl sites for hydroxylation is 1. The largest absolute Gasteiger partial charge is 0.375 e. The highest BCUT2D eigenvalue weighted by molar-refractivity contribution is 7.12. The molecule has 0 saturated carbocycles. The maximum absolute atomic E-state index is 5.81. The molecule has 1 aromatic rings. The molecule has 0 bridgehead atoms. The number of rotatable bonds is 3. The van der Waals surface area contributed by atoms with Gasteiger partial charge < -0.3 is 10.1 Å². The second-order valence-electron chi connectivity index (χ2n) is 7.90. The van der Waals surface area contributed by atoms with Gasteiger partial charge in [0.1, 0.15) is 0 Å². The lowest BCUT2D eigenvalue weighted by atomic mass is 9.93. The molecule has 3 nitrogen and oxygen atoms in total. The van der Waals surface area contributed by atoms with Gasteiger partial charge in [-0.3, -0.25) is 0 Å². The van der Waals surface area contributed by atoms with Gasteiger partial charge in [-0.2, -0.15) is 0 Å². The van der Waals surface area contributed by atoms with E-state index in [0.717, 1.165) is 19.4 Å². The maximum Gasteiger partial charge on any atom is 0.0985 e. The maximum atomic E-state index is 5.81. The van der Waals surface area contributed by atoms with Gasteiger partial charge in [0.25, 0.3) is 0 Å². The molecule has 2 rings (SSSR count). The molecule has 4 heteroatoms. The average Bonchev–Trinajstić information content (AvgIpc) is 2.69. The number of ether oxygens (including phenoxy) is 1. The monoisotopic (exact) mass is 310 g/mol. The first-order valence-corrected chi connectivity index (χ1v) is 8.78. The minimum Gasteiger partial charge on any atom is -0.375 e. The van der Waals surface area contributed by atoms with Crippen LogP contribution in [0.25, 0.3) is 0 Å². The van der Waals surface area contributed by atoms with E-state index in [1.165, 1.54) is 15.6 Å². The second-order valence-corrected chi connectivity index (χ2v) is 8.94. The fourth-order valence-corrected chi connectivity index (χ4v) is 4.07. The summed E-state index contributed by atoms with van der Waals surface area (Å²) in [5.41, 5.74) is 1.31. The van der Waals surface area contributed by atoms with Crippen LogP contribution in [0.5, 0.6) is 0 Å². The van der Waals surface area contributed by atoms with Crippen molar-refractivity contribution in [2.24, 2.45) is 0 Å². The summed E-state index contributed by atoms with van der Waals surface area (Å²) in [7, 11) is 0. The lowest BCUT2D eigenvalue weighted by Crippen LogP contribution is -2.44. The van der Waals surface area contributed by atoms with Crippen molar-refractivity contribution in [3.8, 4) is 0 Å². The fraction of sp³-hybridized carbons (Fsp3) is 0.824. The Morgan fingerprint density at radius 1 is 1.38 bits per heavy atom. The molecule has 120 valence electrons. The van der Waals surface area contributed by atoms with Gasteiger partial charge in [-0.05, 0) is 40.5 Å². The highest BCUT2D eigenvalue weighted by Gasteiger charge is 2.30. The number of aromatic nitrogens is 1. The third-order valence-electron chi connectivity index (χ3n) is 4.05. The van der Waals surface area contributed by atoms with Gasteiger partial charge >= 0.3 is 0 Å². The van der Waals surface area contributed by atoms with E-state index >= 15 is 0 Å². The first kappa shape index (κ1) is 16.9. The Balaban J connectivity index is 2.07. The summed E-state index contributed by atoms with van der Waals surface area (Å²) in [6, 6.07) is 0.890. The Morgan fingerprint density at radius 2 is 2.05 bits per heavy atom. The SMILES string of the molecule is Cc1nc(C(C)(C)C)sc1C(C)NC1CCOC(C)(C)C1. The van der Waals surface area contributed by atoms with Gasteiger partial charge in [-0.15, -0.1) is 11.3 Å². The summed E-state index contributed by atoms with van der Waals surface area (Å²) >= 11 is 1.86. The standard InChI is InChI=1S/C17H30N2OS/c1-11(18-13-8-9-20-17(6,7)10-13)14-12(2)19-15(21-14)16(3,4)5/h11,13,18H,8-10H2,1-7H3. The normalized spacial score (nSPS) is 24.0. The number of hydrogen-bond acceptors (Lipinski definition) is 4. The van der Waals surface area contributed by atoms with E-state index < -0.39 is 0 Å². The molecular weight excluding hydrogens is 280 g/mol. The van der Waals surface area contributed by atoms with Crippen LogP contribution in [0.15, 0.2) is 0 Å². The Kier molecular flexibility index (Phi) is 4.81. The summed E-state index contributed by atoms with van der Waals surface area (Å²) in [6.45, 7) is 16.3. The number of nitrogens with zero attached hydrogens (tertiary/aromatic N) is 1. The van der Waals surface area contributed by atoms with Gasteiger partial charge in [0.05, 0.1) is 16.3 Å². The van der Waals surface area contributed by atoms with Crippen LogP contribution < -0.4 is 5.32 Å². The summed E-state index contributed by atoms with van der Waals surface area (Å²) in [5, 5.41) is 5.02. The van der Waals surface area contributed by atoms with Crippen LogP contribution >= 0.6 is 11.3 Å². The van der Waals surface area contributed by atoms with Crippen LogP contribution in [0.4, 0.5) is 0 Å². The van der Waals surface area contributed by atoms with E-state index in [4.69, 9.17) is 9.72 Å². The van der Waals surface area contributed by atoms with Gasteiger partial charge in [-0.1, -0.05) is 20.8 Å². The van der Waals surface area contributed by atoms with Gasteiger partial charge in [0.15, 0.2) is 0 Å². The van der Waals surface area contributed by atoms with E-state index in [-0.39, 0.29) is 11.0 Å². The molecular formula is C17H30N2OS. The van der Waals surface area contributed by atoms with E-state index in [1.54, 1.807) is 0 Å². The van der Waals surface area contributed by atoms with E-state index in [2.05, 4.69) is 53.8 Å². The molecule has 0 radical (unpaired) electrons. The lowest BCUT2D eigenvalue weighted by Gasteiger charge is -2.37. The Hall–Kier alpha value is -0.450. The zero-order valence-electron chi connectivity index (χ0n) is 14.5. The summed E-state index contributed by atoms with van der Waals surface area (Å²) in [4.78, 5) is 6.16. The smallest absolute Gasteiger partial charge is 0.0985 e. The Labute approximate surface area is 133 Å². The quantitative estimate of drug-likeness (QED) is 0.901. The molecule has 2 unspecified atom stereocenters. The molecule has 0 aromatic carbocycles. The van der Waals surface area contributed by atoms with E-state index in [9.17, 15) is 0 Å². The molecule has 1 aromatic heterocycles. The van der Waals surface area contributed by atoms with Gasteiger partial charge in [0.2, 0.25) is 0 Å². The third kappa shape index (κ3) is 4.27. The van der Waals surface area contributed by atoms with Crippen molar-refractivity contribution in [3.05, 3.63) is 15.6 Å². The van der Waals surface area contributed by atoms with Crippen molar-refractivity contribution in [3.63, 3.8) is 0 Å². The minimum absolute atomic E-state index is 0.00501. The zero-order valence-corrected chi connectivity index (χ0v) is 15.4. The van der Waals surface area contributed by atoms with Crippen LogP contribution in [0.1, 0.15) is 76.0 Å². The van der Waals surface area contributed by atoms with Gasteiger partial charge in [0, 0.05) is 29.0 Å². The van der Waals surface area contributed by atoms with Crippen LogP contribution in [0.3, 0.4) is 0 Å². The Morgan fingerprint density at radius 3 is 2.57 bits per heavy atom.